The molecular weight excluding hydrogens is 430 g/mol. The Morgan fingerprint density at radius 2 is 1.76 bits per heavy atom. The SMILES string of the molecule is O=C(Nc1cccc(CN2CCSCC2)c1)C1CC2CCCCC2N1C(=O)c1ccccc1. The molecule has 1 N–H and O–H groups in total. The van der Waals surface area contributed by atoms with Crippen molar-refractivity contribution in [3.63, 3.8) is 0 Å². The quantitative estimate of drug-likeness (QED) is 0.702. The minimum Gasteiger partial charge on any atom is -0.324 e. The van der Waals surface area contributed by atoms with Crippen LogP contribution in [0.25, 0.3) is 0 Å². The Balaban J connectivity index is 1.32. The lowest BCUT2D eigenvalue weighted by molar-refractivity contribution is -0.120. The van der Waals surface area contributed by atoms with Crippen LogP contribution in [0.3, 0.4) is 0 Å². The van der Waals surface area contributed by atoms with Crippen LogP contribution in [0.4, 0.5) is 5.69 Å². The standard InChI is InChI=1S/C27H33N3O2S/c31-26(28-23-11-6-7-20(17-23)19-29-13-15-33-16-14-29)25-18-22-10-4-5-12-24(22)30(25)27(32)21-8-2-1-3-9-21/h1-3,6-9,11,17,22,24-25H,4-5,10,12-16,18-19H2,(H,28,31). The summed E-state index contributed by atoms with van der Waals surface area (Å²) in [4.78, 5) is 31.3. The lowest BCUT2D eigenvalue weighted by Gasteiger charge is -2.33. The van der Waals surface area contributed by atoms with Gasteiger partial charge in [-0.05, 0) is 55.0 Å². The van der Waals surface area contributed by atoms with Gasteiger partial charge in [0.1, 0.15) is 6.04 Å². The fourth-order valence-electron chi connectivity index (χ4n) is 5.71. The molecule has 2 aliphatic heterocycles. The number of fused-ring (bicyclic) bond motifs is 1. The number of hydrogen-bond donors (Lipinski definition) is 1. The monoisotopic (exact) mass is 463 g/mol. The van der Waals surface area contributed by atoms with E-state index in [1.165, 1.54) is 23.5 Å². The zero-order valence-electron chi connectivity index (χ0n) is 19.1. The van der Waals surface area contributed by atoms with E-state index < -0.39 is 6.04 Å². The minimum atomic E-state index is -0.409. The Labute approximate surface area is 200 Å². The first kappa shape index (κ1) is 22.5. The van der Waals surface area contributed by atoms with Crippen molar-refractivity contribution in [3.8, 4) is 0 Å². The van der Waals surface area contributed by atoms with Crippen LogP contribution < -0.4 is 5.32 Å². The normalized spacial score (nSPS) is 25.5. The molecule has 1 saturated carbocycles. The van der Waals surface area contributed by atoms with Crippen LogP contribution in [0.2, 0.25) is 0 Å². The zero-order valence-corrected chi connectivity index (χ0v) is 19.9. The van der Waals surface area contributed by atoms with Gasteiger partial charge in [-0.25, -0.2) is 0 Å². The second-order valence-corrected chi connectivity index (χ2v) is 10.7. The average Bonchev–Trinajstić information content (AvgIpc) is 3.25. The summed E-state index contributed by atoms with van der Waals surface area (Å²) >= 11 is 2.01. The molecule has 3 fully saturated rings. The van der Waals surface area contributed by atoms with E-state index in [1.807, 2.05) is 59.1 Å². The van der Waals surface area contributed by atoms with E-state index in [2.05, 4.69) is 22.3 Å². The Bertz CT molecular complexity index is 976. The average molecular weight is 464 g/mol. The van der Waals surface area contributed by atoms with Gasteiger partial charge in [-0.2, -0.15) is 11.8 Å². The molecule has 33 heavy (non-hydrogen) atoms. The Morgan fingerprint density at radius 3 is 2.58 bits per heavy atom. The fraction of sp³-hybridized carbons (Fsp3) is 0.481. The third-order valence-corrected chi connectivity index (χ3v) is 8.29. The summed E-state index contributed by atoms with van der Waals surface area (Å²) < 4.78 is 0. The molecule has 6 heteroatoms. The third-order valence-electron chi connectivity index (χ3n) is 7.35. The maximum Gasteiger partial charge on any atom is 0.254 e. The first-order valence-electron chi connectivity index (χ1n) is 12.3. The van der Waals surface area contributed by atoms with Crippen LogP contribution in [0.5, 0.6) is 0 Å². The van der Waals surface area contributed by atoms with Crippen molar-refractivity contribution < 1.29 is 9.59 Å². The van der Waals surface area contributed by atoms with Crippen LogP contribution in [0.1, 0.15) is 48.0 Å². The van der Waals surface area contributed by atoms with Crippen molar-refractivity contribution in [1.29, 1.82) is 0 Å². The number of thioether (sulfide) groups is 1. The molecule has 3 unspecified atom stereocenters. The smallest absolute Gasteiger partial charge is 0.254 e. The molecule has 2 heterocycles. The van der Waals surface area contributed by atoms with Crippen molar-refractivity contribution >= 4 is 29.3 Å². The number of carbonyl (C=O) groups excluding carboxylic acids is 2. The van der Waals surface area contributed by atoms with E-state index in [-0.39, 0.29) is 17.9 Å². The molecule has 3 aliphatic rings. The van der Waals surface area contributed by atoms with Gasteiger partial charge in [-0.3, -0.25) is 14.5 Å². The number of hydrogen-bond acceptors (Lipinski definition) is 4. The molecule has 2 amide bonds. The Morgan fingerprint density at radius 1 is 0.970 bits per heavy atom. The lowest BCUT2D eigenvalue weighted by Crippen LogP contribution is -2.47. The third kappa shape index (κ3) is 5.12. The van der Waals surface area contributed by atoms with Crippen molar-refractivity contribution in [2.45, 2.75) is 50.7 Å². The molecule has 2 saturated heterocycles. The second kappa shape index (κ2) is 10.3. The van der Waals surface area contributed by atoms with Gasteiger partial charge in [-0.15, -0.1) is 0 Å². The molecule has 0 bridgehead atoms. The molecule has 3 atom stereocenters. The maximum absolute atomic E-state index is 13.5. The molecule has 174 valence electrons. The largest absolute Gasteiger partial charge is 0.324 e. The molecule has 1 aliphatic carbocycles. The number of likely N-dealkylation sites (tertiary alicyclic amines) is 1. The van der Waals surface area contributed by atoms with E-state index in [1.54, 1.807) is 0 Å². The summed E-state index contributed by atoms with van der Waals surface area (Å²) in [7, 11) is 0. The van der Waals surface area contributed by atoms with Gasteiger partial charge >= 0.3 is 0 Å². The van der Waals surface area contributed by atoms with Gasteiger partial charge in [0.05, 0.1) is 0 Å². The predicted octanol–water partition coefficient (Wildman–Crippen LogP) is 4.65. The van der Waals surface area contributed by atoms with Crippen LogP contribution in [0.15, 0.2) is 54.6 Å². The molecular formula is C27H33N3O2S. The fourth-order valence-corrected chi connectivity index (χ4v) is 6.69. The van der Waals surface area contributed by atoms with Crippen LogP contribution in [-0.4, -0.2) is 58.3 Å². The zero-order chi connectivity index (χ0) is 22.6. The molecule has 2 aromatic rings. The van der Waals surface area contributed by atoms with Gasteiger partial charge in [0.2, 0.25) is 5.91 Å². The summed E-state index contributed by atoms with van der Waals surface area (Å²) in [6, 6.07) is 17.4. The molecule has 0 spiro atoms. The number of amides is 2. The van der Waals surface area contributed by atoms with Crippen LogP contribution >= 0.6 is 11.8 Å². The topological polar surface area (TPSA) is 52.7 Å². The van der Waals surface area contributed by atoms with Crippen molar-refractivity contribution in [2.24, 2.45) is 5.92 Å². The maximum atomic E-state index is 13.5. The molecule has 5 nitrogen and oxygen atoms in total. The summed E-state index contributed by atoms with van der Waals surface area (Å²) in [6.07, 6.45) is 5.19. The number of benzene rings is 2. The first-order valence-corrected chi connectivity index (χ1v) is 13.4. The van der Waals surface area contributed by atoms with Crippen LogP contribution in [-0.2, 0) is 11.3 Å². The summed E-state index contributed by atoms with van der Waals surface area (Å²) in [5.41, 5.74) is 2.71. The Hall–Kier alpha value is -2.31. The highest BCUT2D eigenvalue weighted by atomic mass is 32.2. The van der Waals surface area contributed by atoms with Gasteiger partial charge in [0.25, 0.3) is 5.91 Å². The van der Waals surface area contributed by atoms with Crippen LogP contribution in [0, 0.1) is 5.92 Å². The van der Waals surface area contributed by atoms with E-state index in [0.717, 1.165) is 51.0 Å². The van der Waals surface area contributed by atoms with Crippen molar-refractivity contribution in [1.82, 2.24) is 9.80 Å². The molecule has 2 aromatic carbocycles. The van der Waals surface area contributed by atoms with Gasteiger partial charge in [0, 0.05) is 48.4 Å². The van der Waals surface area contributed by atoms with Crippen molar-refractivity contribution in [3.05, 3.63) is 65.7 Å². The minimum absolute atomic E-state index is 0.0122. The summed E-state index contributed by atoms with van der Waals surface area (Å²) in [5.74, 6) is 2.73. The second-order valence-electron chi connectivity index (χ2n) is 9.52. The van der Waals surface area contributed by atoms with E-state index >= 15 is 0 Å². The number of rotatable bonds is 5. The molecule has 0 radical (unpaired) electrons. The van der Waals surface area contributed by atoms with E-state index in [9.17, 15) is 9.59 Å². The molecule has 5 rings (SSSR count). The van der Waals surface area contributed by atoms with Gasteiger partial charge < -0.3 is 10.2 Å². The van der Waals surface area contributed by atoms with Gasteiger partial charge in [0.15, 0.2) is 0 Å². The molecule has 0 aromatic heterocycles. The lowest BCUT2D eigenvalue weighted by atomic mass is 9.84. The highest BCUT2D eigenvalue weighted by Crippen LogP contribution is 2.40. The summed E-state index contributed by atoms with van der Waals surface area (Å²) in [6.45, 7) is 3.14. The number of nitrogens with zero attached hydrogens (tertiary/aromatic N) is 2. The number of carbonyl (C=O) groups is 2. The first-order chi connectivity index (χ1) is 16.2. The highest BCUT2D eigenvalue weighted by molar-refractivity contribution is 7.99. The number of nitrogens with one attached hydrogen (secondary N) is 1. The van der Waals surface area contributed by atoms with Crippen molar-refractivity contribution in [2.75, 3.05) is 29.9 Å². The predicted molar refractivity (Wildman–Crippen MR) is 134 cm³/mol. The van der Waals surface area contributed by atoms with Gasteiger partial charge in [-0.1, -0.05) is 43.2 Å². The Kier molecular flexibility index (Phi) is 7.02. The number of anilines is 1. The highest BCUT2D eigenvalue weighted by Gasteiger charge is 2.47. The van der Waals surface area contributed by atoms with E-state index in [0.29, 0.717) is 11.5 Å². The summed E-state index contributed by atoms with van der Waals surface area (Å²) in [5, 5.41) is 3.15. The van der Waals surface area contributed by atoms with E-state index in [4.69, 9.17) is 0 Å².